The van der Waals surface area contributed by atoms with Crippen molar-refractivity contribution < 1.29 is 13.2 Å². The largest absolute Gasteiger partial charge is 0.335 e. The van der Waals surface area contributed by atoms with Crippen LogP contribution in [0.4, 0.5) is 0 Å². The molecule has 0 aliphatic rings. The molecule has 23 heavy (non-hydrogen) atoms. The summed E-state index contributed by atoms with van der Waals surface area (Å²) in [5, 5.41) is 0. The summed E-state index contributed by atoms with van der Waals surface area (Å²) in [4.78, 5) is 14.4. The molecule has 2 aromatic rings. The van der Waals surface area contributed by atoms with E-state index in [9.17, 15) is 13.2 Å². The van der Waals surface area contributed by atoms with Crippen molar-refractivity contribution in [3.63, 3.8) is 0 Å². The third-order valence-corrected chi connectivity index (χ3v) is 5.12. The molecule has 0 aromatic heterocycles. The van der Waals surface area contributed by atoms with Crippen LogP contribution < -0.4 is 0 Å². The molecule has 0 saturated carbocycles. The lowest BCUT2D eigenvalue weighted by Crippen LogP contribution is -2.29. The Balaban J connectivity index is 2.20. The van der Waals surface area contributed by atoms with Crippen LogP contribution in [0.15, 0.2) is 53.4 Å². The Bertz CT molecular complexity index is 793. The zero-order valence-corrected chi connectivity index (χ0v) is 14.6. The summed E-state index contributed by atoms with van der Waals surface area (Å²) in [6.07, 6.45) is 1.15. The second-order valence-corrected chi connectivity index (χ2v) is 7.81. The molecule has 1 unspecified atom stereocenters. The van der Waals surface area contributed by atoms with Crippen LogP contribution in [0.25, 0.3) is 0 Å². The molecular formula is C18H21NO3S. The van der Waals surface area contributed by atoms with Crippen molar-refractivity contribution in [1.82, 2.24) is 4.90 Å². The molecule has 1 amide bonds. The van der Waals surface area contributed by atoms with Crippen molar-refractivity contribution in [1.29, 1.82) is 0 Å². The van der Waals surface area contributed by atoms with Crippen LogP contribution in [0.5, 0.6) is 0 Å². The smallest absolute Gasteiger partial charge is 0.254 e. The summed E-state index contributed by atoms with van der Waals surface area (Å²) in [5.74, 6) is -0.141. The topological polar surface area (TPSA) is 54.5 Å². The van der Waals surface area contributed by atoms with Crippen molar-refractivity contribution in [3.05, 3.63) is 65.2 Å². The fraction of sp³-hybridized carbons (Fsp3) is 0.278. The lowest BCUT2D eigenvalue weighted by molar-refractivity contribution is 0.0742. The van der Waals surface area contributed by atoms with Crippen LogP contribution in [-0.2, 0) is 9.84 Å². The van der Waals surface area contributed by atoms with E-state index in [1.165, 1.54) is 17.7 Å². The molecule has 122 valence electrons. The first kappa shape index (κ1) is 17.2. The summed E-state index contributed by atoms with van der Waals surface area (Å²) in [6, 6.07) is 14.0. The number of hydrogen-bond acceptors (Lipinski definition) is 3. The van der Waals surface area contributed by atoms with Crippen LogP contribution in [0.2, 0.25) is 0 Å². The molecule has 0 bridgehead atoms. The monoisotopic (exact) mass is 331 g/mol. The molecule has 2 aromatic carbocycles. The second-order valence-electron chi connectivity index (χ2n) is 5.80. The first-order chi connectivity index (χ1) is 10.7. The number of nitrogens with zero attached hydrogens (tertiary/aromatic N) is 1. The Kier molecular flexibility index (Phi) is 4.90. The van der Waals surface area contributed by atoms with Crippen LogP contribution in [0.1, 0.15) is 34.5 Å². The number of sulfone groups is 1. The minimum atomic E-state index is -3.25. The average Bonchev–Trinajstić information content (AvgIpc) is 2.53. The predicted molar refractivity (Wildman–Crippen MR) is 91.2 cm³/mol. The highest BCUT2D eigenvalue weighted by Crippen LogP contribution is 2.21. The maximum atomic E-state index is 12.6. The van der Waals surface area contributed by atoms with Gasteiger partial charge in [0.05, 0.1) is 10.9 Å². The van der Waals surface area contributed by atoms with Gasteiger partial charge in [0.15, 0.2) is 9.84 Å². The van der Waals surface area contributed by atoms with Crippen molar-refractivity contribution in [2.45, 2.75) is 24.8 Å². The van der Waals surface area contributed by atoms with Crippen LogP contribution in [0.3, 0.4) is 0 Å². The van der Waals surface area contributed by atoms with Gasteiger partial charge in [-0.15, -0.1) is 0 Å². The summed E-state index contributed by atoms with van der Waals surface area (Å²) in [7, 11) is -1.51. The lowest BCUT2D eigenvalue weighted by Gasteiger charge is -2.25. The van der Waals surface area contributed by atoms with Gasteiger partial charge in [-0.05, 0) is 43.7 Å². The van der Waals surface area contributed by atoms with E-state index in [2.05, 4.69) is 0 Å². The standard InChI is InChI=1S/C18H21NO3S/c1-13-5-7-15(8-6-13)14(2)19(3)18(20)16-9-11-17(12-10-16)23(4,21)22/h5-12,14H,1-4H3. The Morgan fingerprint density at radius 1 is 1.00 bits per heavy atom. The van der Waals surface area contributed by atoms with Crippen LogP contribution in [0, 0.1) is 6.92 Å². The van der Waals surface area contributed by atoms with Crippen LogP contribution >= 0.6 is 0 Å². The van der Waals surface area contributed by atoms with Gasteiger partial charge in [0.2, 0.25) is 0 Å². The van der Waals surface area contributed by atoms with E-state index in [0.29, 0.717) is 5.56 Å². The molecule has 0 radical (unpaired) electrons. The highest BCUT2D eigenvalue weighted by Gasteiger charge is 2.19. The number of aryl methyl sites for hydroxylation is 1. The van der Waals surface area contributed by atoms with Gasteiger partial charge >= 0.3 is 0 Å². The summed E-state index contributed by atoms with van der Waals surface area (Å²) >= 11 is 0. The average molecular weight is 331 g/mol. The molecule has 0 spiro atoms. The van der Waals surface area contributed by atoms with E-state index in [0.717, 1.165) is 11.8 Å². The molecule has 2 rings (SSSR count). The van der Waals surface area contributed by atoms with Gasteiger partial charge in [0.25, 0.3) is 5.91 Å². The first-order valence-corrected chi connectivity index (χ1v) is 9.23. The maximum absolute atomic E-state index is 12.6. The normalized spacial score (nSPS) is 12.7. The Labute approximate surface area is 137 Å². The number of carbonyl (C=O) groups excluding carboxylic acids is 1. The summed E-state index contributed by atoms with van der Waals surface area (Å²) < 4.78 is 22.9. The van der Waals surface area contributed by atoms with E-state index in [1.54, 1.807) is 24.1 Å². The summed E-state index contributed by atoms with van der Waals surface area (Å²) in [5.41, 5.74) is 2.70. The van der Waals surface area contributed by atoms with E-state index < -0.39 is 9.84 Å². The molecule has 0 heterocycles. The van der Waals surface area contributed by atoms with Gasteiger partial charge in [-0.3, -0.25) is 4.79 Å². The van der Waals surface area contributed by atoms with Gasteiger partial charge in [0.1, 0.15) is 0 Å². The van der Waals surface area contributed by atoms with E-state index in [1.807, 2.05) is 38.1 Å². The number of benzene rings is 2. The first-order valence-electron chi connectivity index (χ1n) is 7.34. The second kappa shape index (κ2) is 6.54. The molecule has 4 nitrogen and oxygen atoms in total. The third-order valence-electron chi connectivity index (χ3n) is 3.99. The molecule has 0 N–H and O–H groups in total. The maximum Gasteiger partial charge on any atom is 0.254 e. The molecule has 0 aliphatic heterocycles. The SMILES string of the molecule is Cc1ccc(C(C)N(C)C(=O)c2ccc(S(C)(=O)=O)cc2)cc1. The Morgan fingerprint density at radius 2 is 1.52 bits per heavy atom. The van der Waals surface area contributed by atoms with Gasteiger partial charge in [0, 0.05) is 18.9 Å². The molecule has 1 atom stereocenters. The highest BCUT2D eigenvalue weighted by atomic mass is 32.2. The van der Waals surface area contributed by atoms with Gasteiger partial charge in [-0.25, -0.2) is 8.42 Å². The minimum Gasteiger partial charge on any atom is -0.335 e. The van der Waals surface area contributed by atoms with Crippen molar-refractivity contribution in [2.24, 2.45) is 0 Å². The Hall–Kier alpha value is -2.14. The van der Waals surface area contributed by atoms with Gasteiger partial charge in [-0.2, -0.15) is 0 Å². The molecular weight excluding hydrogens is 310 g/mol. The number of carbonyl (C=O) groups is 1. The third kappa shape index (κ3) is 3.99. The highest BCUT2D eigenvalue weighted by molar-refractivity contribution is 7.90. The molecule has 5 heteroatoms. The van der Waals surface area contributed by atoms with Gasteiger partial charge < -0.3 is 4.90 Å². The fourth-order valence-corrected chi connectivity index (χ4v) is 2.92. The Morgan fingerprint density at radius 3 is 2.00 bits per heavy atom. The van der Waals surface area contributed by atoms with Gasteiger partial charge in [-0.1, -0.05) is 29.8 Å². The fourth-order valence-electron chi connectivity index (χ4n) is 2.29. The van der Waals surface area contributed by atoms with E-state index in [-0.39, 0.29) is 16.8 Å². The minimum absolute atomic E-state index is 0.0716. The quantitative estimate of drug-likeness (QED) is 0.864. The summed E-state index contributed by atoms with van der Waals surface area (Å²) in [6.45, 7) is 3.99. The number of hydrogen-bond donors (Lipinski definition) is 0. The molecule has 0 saturated heterocycles. The van der Waals surface area contributed by atoms with E-state index in [4.69, 9.17) is 0 Å². The van der Waals surface area contributed by atoms with Crippen molar-refractivity contribution >= 4 is 15.7 Å². The molecule has 0 aliphatic carbocycles. The van der Waals surface area contributed by atoms with E-state index >= 15 is 0 Å². The van der Waals surface area contributed by atoms with Crippen molar-refractivity contribution in [2.75, 3.05) is 13.3 Å². The predicted octanol–water partition coefficient (Wildman–Crippen LogP) is 3.23. The zero-order chi connectivity index (χ0) is 17.2. The molecule has 0 fully saturated rings. The number of rotatable bonds is 4. The number of amides is 1. The zero-order valence-electron chi connectivity index (χ0n) is 13.8. The lowest BCUT2D eigenvalue weighted by atomic mass is 10.0. The van der Waals surface area contributed by atoms with Crippen LogP contribution in [-0.4, -0.2) is 32.5 Å². The van der Waals surface area contributed by atoms with Crippen molar-refractivity contribution in [3.8, 4) is 0 Å².